The summed E-state index contributed by atoms with van der Waals surface area (Å²) in [5.41, 5.74) is 3.10. The third kappa shape index (κ3) is 3.72. The Morgan fingerprint density at radius 3 is 2.62 bits per heavy atom. The van der Waals surface area contributed by atoms with Gasteiger partial charge >= 0.3 is 0 Å². The monoisotopic (exact) mass is 285 g/mol. The first kappa shape index (κ1) is 15.3. The standard InChI is InChI=1S/C17H23N3O/c1-5-7-16-19-14(11-17(20-16)18-6-2)13-10-12(3)8-9-15(13)21-4/h8-11H,5-7H2,1-4H3,(H,18,19,20). The fraction of sp³-hybridized carbons (Fsp3) is 0.412. The molecule has 2 aromatic rings. The Morgan fingerprint density at radius 1 is 1.14 bits per heavy atom. The van der Waals surface area contributed by atoms with E-state index in [9.17, 15) is 0 Å². The second kappa shape index (κ2) is 7.07. The zero-order valence-corrected chi connectivity index (χ0v) is 13.2. The van der Waals surface area contributed by atoms with Gasteiger partial charge in [-0.25, -0.2) is 9.97 Å². The van der Waals surface area contributed by atoms with Crippen LogP contribution in [0.25, 0.3) is 11.3 Å². The van der Waals surface area contributed by atoms with Gasteiger partial charge in [-0.3, -0.25) is 0 Å². The zero-order chi connectivity index (χ0) is 15.2. The molecule has 0 saturated carbocycles. The minimum Gasteiger partial charge on any atom is -0.496 e. The van der Waals surface area contributed by atoms with Crippen LogP contribution >= 0.6 is 0 Å². The van der Waals surface area contributed by atoms with E-state index in [1.165, 1.54) is 5.56 Å². The molecule has 1 heterocycles. The van der Waals surface area contributed by atoms with Crippen LogP contribution in [0.1, 0.15) is 31.7 Å². The molecule has 0 aliphatic carbocycles. The summed E-state index contributed by atoms with van der Waals surface area (Å²) in [6.45, 7) is 7.11. The fourth-order valence-electron chi connectivity index (χ4n) is 2.26. The molecule has 0 bridgehead atoms. The van der Waals surface area contributed by atoms with E-state index in [0.717, 1.165) is 48.0 Å². The van der Waals surface area contributed by atoms with Crippen molar-refractivity contribution in [2.75, 3.05) is 19.0 Å². The second-order valence-corrected chi connectivity index (χ2v) is 5.04. The predicted octanol–water partition coefficient (Wildman–Crippen LogP) is 3.84. The lowest BCUT2D eigenvalue weighted by Crippen LogP contribution is -2.05. The van der Waals surface area contributed by atoms with E-state index in [2.05, 4.69) is 37.1 Å². The summed E-state index contributed by atoms with van der Waals surface area (Å²) in [6.07, 6.45) is 1.90. The molecule has 0 unspecified atom stereocenters. The van der Waals surface area contributed by atoms with Gasteiger partial charge in [0.05, 0.1) is 12.8 Å². The lowest BCUT2D eigenvalue weighted by molar-refractivity contribution is 0.416. The smallest absolute Gasteiger partial charge is 0.131 e. The summed E-state index contributed by atoms with van der Waals surface area (Å²) in [5.74, 6) is 2.58. The number of hydrogen-bond donors (Lipinski definition) is 1. The molecule has 21 heavy (non-hydrogen) atoms. The van der Waals surface area contributed by atoms with Gasteiger partial charge < -0.3 is 10.1 Å². The Balaban J connectivity index is 2.53. The fourth-order valence-corrected chi connectivity index (χ4v) is 2.26. The van der Waals surface area contributed by atoms with E-state index in [1.807, 2.05) is 18.2 Å². The predicted molar refractivity (Wildman–Crippen MR) is 86.9 cm³/mol. The number of methoxy groups -OCH3 is 1. The van der Waals surface area contributed by atoms with Gasteiger partial charge in [0.25, 0.3) is 0 Å². The Bertz CT molecular complexity index is 587. The van der Waals surface area contributed by atoms with Crippen LogP contribution in [0.5, 0.6) is 5.75 Å². The minimum absolute atomic E-state index is 0.837. The second-order valence-electron chi connectivity index (χ2n) is 5.04. The van der Waals surface area contributed by atoms with Gasteiger partial charge in [-0.15, -0.1) is 0 Å². The quantitative estimate of drug-likeness (QED) is 0.876. The normalized spacial score (nSPS) is 10.5. The SMILES string of the molecule is CCCc1nc(NCC)cc(-c2cc(C)ccc2OC)n1. The van der Waals surface area contributed by atoms with Crippen LogP contribution in [0.4, 0.5) is 5.82 Å². The van der Waals surface area contributed by atoms with Crippen LogP contribution in [0.2, 0.25) is 0 Å². The average Bonchev–Trinajstić information content (AvgIpc) is 2.47. The Morgan fingerprint density at radius 2 is 1.95 bits per heavy atom. The molecule has 1 N–H and O–H groups in total. The van der Waals surface area contributed by atoms with Gasteiger partial charge in [0.2, 0.25) is 0 Å². The summed E-state index contributed by atoms with van der Waals surface area (Å²) in [5, 5.41) is 3.28. The number of hydrogen-bond acceptors (Lipinski definition) is 4. The molecular formula is C17H23N3O. The largest absolute Gasteiger partial charge is 0.496 e. The number of aromatic nitrogens is 2. The van der Waals surface area contributed by atoms with Crippen molar-refractivity contribution in [3.05, 3.63) is 35.7 Å². The minimum atomic E-state index is 0.837. The number of aryl methyl sites for hydroxylation is 2. The van der Waals surface area contributed by atoms with Crippen molar-refractivity contribution in [2.24, 2.45) is 0 Å². The van der Waals surface area contributed by atoms with Gasteiger partial charge in [0.15, 0.2) is 0 Å². The third-order valence-corrected chi connectivity index (χ3v) is 3.23. The highest BCUT2D eigenvalue weighted by Gasteiger charge is 2.11. The van der Waals surface area contributed by atoms with Crippen molar-refractivity contribution >= 4 is 5.82 Å². The van der Waals surface area contributed by atoms with Crippen molar-refractivity contribution in [3.63, 3.8) is 0 Å². The summed E-state index contributed by atoms with van der Waals surface area (Å²) >= 11 is 0. The summed E-state index contributed by atoms with van der Waals surface area (Å²) in [4.78, 5) is 9.25. The molecule has 0 radical (unpaired) electrons. The van der Waals surface area contributed by atoms with Gasteiger partial charge in [-0.1, -0.05) is 18.6 Å². The van der Waals surface area contributed by atoms with Crippen molar-refractivity contribution in [1.82, 2.24) is 9.97 Å². The van der Waals surface area contributed by atoms with Crippen LogP contribution in [-0.4, -0.2) is 23.6 Å². The molecule has 1 aromatic carbocycles. The third-order valence-electron chi connectivity index (χ3n) is 3.23. The van der Waals surface area contributed by atoms with Crippen LogP contribution in [0.15, 0.2) is 24.3 Å². The number of anilines is 1. The van der Waals surface area contributed by atoms with Crippen LogP contribution in [-0.2, 0) is 6.42 Å². The van der Waals surface area contributed by atoms with E-state index < -0.39 is 0 Å². The molecular weight excluding hydrogens is 262 g/mol. The lowest BCUT2D eigenvalue weighted by atomic mass is 10.1. The van der Waals surface area contributed by atoms with E-state index in [-0.39, 0.29) is 0 Å². The van der Waals surface area contributed by atoms with E-state index in [0.29, 0.717) is 0 Å². The van der Waals surface area contributed by atoms with E-state index >= 15 is 0 Å². The van der Waals surface area contributed by atoms with Crippen LogP contribution < -0.4 is 10.1 Å². The maximum atomic E-state index is 5.47. The molecule has 0 atom stereocenters. The molecule has 0 saturated heterocycles. The summed E-state index contributed by atoms with van der Waals surface area (Å²) in [6, 6.07) is 8.12. The number of nitrogens with zero attached hydrogens (tertiary/aromatic N) is 2. The molecule has 0 fully saturated rings. The Hall–Kier alpha value is -2.10. The Labute approximate surface area is 126 Å². The molecule has 112 valence electrons. The topological polar surface area (TPSA) is 47.0 Å². The number of rotatable bonds is 6. The highest BCUT2D eigenvalue weighted by Crippen LogP contribution is 2.30. The van der Waals surface area contributed by atoms with E-state index in [4.69, 9.17) is 9.72 Å². The molecule has 0 aliphatic rings. The summed E-state index contributed by atoms with van der Waals surface area (Å²) < 4.78 is 5.47. The first-order valence-electron chi connectivity index (χ1n) is 7.44. The zero-order valence-electron chi connectivity index (χ0n) is 13.2. The summed E-state index contributed by atoms with van der Waals surface area (Å²) in [7, 11) is 1.69. The van der Waals surface area contributed by atoms with Crippen LogP contribution in [0, 0.1) is 6.92 Å². The van der Waals surface area contributed by atoms with Gasteiger partial charge in [-0.2, -0.15) is 0 Å². The van der Waals surface area contributed by atoms with Crippen molar-refractivity contribution in [2.45, 2.75) is 33.6 Å². The maximum Gasteiger partial charge on any atom is 0.131 e. The van der Waals surface area contributed by atoms with Crippen molar-refractivity contribution < 1.29 is 4.74 Å². The first-order chi connectivity index (χ1) is 10.2. The van der Waals surface area contributed by atoms with Gasteiger partial charge in [-0.05, 0) is 32.4 Å². The molecule has 0 aliphatic heterocycles. The molecule has 0 spiro atoms. The van der Waals surface area contributed by atoms with Gasteiger partial charge in [0, 0.05) is 24.6 Å². The van der Waals surface area contributed by atoms with E-state index in [1.54, 1.807) is 7.11 Å². The lowest BCUT2D eigenvalue weighted by Gasteiger charge is -2.12. The van der Waals surface area contributed by atoms with Crippen molar-refractivity contribution in [1.29, 1.82) is 0 Å². The average molecular weight is 285 g/mol. The molecule has 2 rings (SSSR count). The van der Waals surface area contributed by atoms with Crippen molar-refractivity contribution in [3.8, 4) is 17.0 Å². The molecule has 4 nitrogen and oxygen atoms in total. The maximum absolute atomic E-state index is 5.47. The number of ether oxygens (including phenoxy) is 1. The molecule has 4 heteroatoms. The molecule has 0 amide bonds. The first-order valence-corrected chi connectivity index (χ1v) is 7.44. The molecule has 1 aromatic heterocycles. The highest BCUT2D eigenvalue weighted by molar-refractivity contribution is 5.70. The van der Waals surface area contributed by atoms with Gasteiger partial charge in [0.1, 0.15) is 17.4 Å². The van der Waals surface area contributed by atoms with Crippen LogP contribution in [0.3, 0.4) is 0 Å². The highest BCUT2D eigenvalue weighted by atomic mass is 16.5. The number of benzene rings is 1. The number of nitrogens with one attached hydrogen (secondary N) is 1. The Kier molecular flexibility index (Phi) is 5.14.